The largest absolute Gasteiger partial charge is 0.462 e. The van der Waals surface area contributed by atoms with Crippen LogP contribution < -0.4 is 0 Å². The van der Waals surface area contributed by atoms with E-state index in [9.17, 15) is 14.7 Å². The summed E-state index contributed by atoms with van der Waals surface area (Å²) in [6.45, 7) is 3.88. The summed E-state index contributed by atoms with van der Waals surface area (Å²) >= 11 is 0. The molecule has 0 saturated heterocycles. The molecule has 1 unspecified atom stereocenters. The summed E-state index contributed by atoms with van der Waals surface area (Å²) in [6.07, 6.45) is 96.6. The maximum atomic E-state index is 12.3. The number of hydrogen-bond acceptors (Lipinski definition) is 5. The van der Waals surface area contributed by atoms with Gasteiger partial charge in [0.15, 0.2) is 6.10 Å². The van der Waals surface area contributed by atoms with Crippen LogP contribution in [-0.4, -0.2) is 36.4 Å². The molecular weight excluding hydrogens is 909 g/mol. The first kappa shape index (κ1) is 69.5. The lowest BCUT2D eigenvalue weighted by molar-refractivity contribution is -0.161. The molecule has 0 aliphatic rings. The second-order valence-electron chi connectivity index (χ2n) is 19.3. The third-order valence-electron chi connectivity index (χ3n) is 12.3. The lowest BCUT2D eigenvalue weighted by Crippen LogP contribution is -2.28. The van der Waals surface area contributed by atoms with Gasteiger partial charge in [0.05, 0.1) is 6.61 Å². The van der Waals surface area contributed by atoms with E-state index in [1.165, 1.54) is 89.9 Å². The summed E-state index contributed by atoms with van der Waals surface area (Å²) in [6, 6.07) is 0. The molecule has 74 heavy (non-hydrogen) atoms. The van der Waals surface area contributed by atoms with Crippen molar-refractivity contribution in [3.05, 3.63) is 158 Å². The van der Waals surface area contributed by atoms with Crippen LogP contribution in [0.25, 0.3) is 0 Å². The molecule has 0 amide bonds. The molecule has 0 aromatic rings. The molecule has 5 heteroatoms. The van der Waals surface area contributed by atoms with E-state index in [1.54, 1.807) is 0 Å². The second kappa shape index (κ2) is 62.8. The van der Waals surface area contributed by atoms with Gasteiger partial charge in [0.1, 0.15) is 6.61 Å². The molecule has 0 spiro atoms. The van der Waals surface area contributed by atoms with E-state index in [1.807, 2.05) is 0 Å². The summed E-state index contributed by atoms with van der Waals surface area (Å²) in [7, 11) is 0. The molecule has 5 nitrogen and oxygen atoms in total. The number of unbranched alkanes of at least 4 members (excludes halogenated alkanes) is 19. The van der Waals surface area contributed by atoms with Crippen LogP contribution in [-0.2, 0) is 19.1 Å². The average Bonchev–Trinajstić information content (AvgIpc) is 3.40. The van der Waals surface area contributed by atoms with Gasteiger partial charge in [-0.15, -0.1) is 0 Å². The summed E-state index contributed by atoms with van der Waals surface area (Å²) < 4.78 is 10.7. The summed E-state index contributed by atoms with van der Waals surface area (Å²) in [4.78, 5) is 24.5. The number of ether oxygens (including phenoxy) is 2. The highest BCUT2D eigenvalue weighted by molar-refractivity contribution is 5.70. The summed E-state index contributed by atoms with van der Waals surface area (Å²) in [5, 5.41) is 9.65. The zero-order valence-corrected chi connectivity index (χ0v) is 47.5. The fourth-order valence-electron chi connectivity index (χ4n) is 7.89. The highest BCUT2D eigenvalue weighted by Gasteiger charge is 2.16. The minimum atomic E-state index is -0.796. The molecule has 0 heterocycles. The first-order chi connectivity index (χ1) is 36.6. The van der Waals surface area contributed by atoms with E-state index in [0.717, 1.165) is 128 Å². The molecule has 0 rings (SSSR count). The number of rotatable bonds is 53. The van der Waals surface area contributed by atoms with E-state index in [0.29, 0.717) is 12.8 Å². The molecule has 0 radical (unpaired) electrons. The zero-order chi connectivity index (χ0) is 53.4. The Balaban J connectivity index is 3.55. The van der Waals surface area contributed by atoms with Crippen LogP contribution in [0.3, 0.4) is 0 Å². The summed E-state index contributed by atoms with van der Waals surface area (Å²) in [5.74, 6) is -0.634. The number of aliphatic hydroxyl groups is 1. The first-order valence-corrected chi connectivity index (χ1v) is 30.0. The Kier molecular flexibility index (Phi) is 59.0. The fourth-order valence-corrected chi connectivity index (χ4v) is 7.89. The van der Waals surface area contributed by atoms with E-state index in [2.05, 4.69) is 172 Å². The van der Waals surface area contributed by atoms with Crippen molar-refractivity contribution in [2.75, 3.05) is 13.2 Å². The van der Waals surface area contributed by atoms with Gasteiger partial charge in [-0.1, -0.05) is 268 Å². The second-order valence-corrected chi connectivity index (χ2v) is 19.3. The van der Waals surface area contributed by atoms with Crippen molar-refractivity contribution in [2.24, 2.45) is 0 Å². The molecule has 0 aromatic heterocycles. The zero-order valence-electron chi connectivity index (χ0n) is 47.5. The van der Waals surface area contributed by atoms with Gasteiger partial charge in [0.2, 0.25) is 0 Å². The van der Waals surface area contributed by atoms with Gasteiger partial charge in [-0.25, -0.2) is 0 Å². The molecule has 1 atom stereocenters. The van der Waals surface area contributed by atoms with Gasteiger partial charge in [-0.2, -0.15) is 0 Å². The summed E-state index contributed by atoms with van der Waals surface area (Å²) in [5.41, 5.74) is 0. The minimum Gasteiger partial charge on any atom is -0.462 e. The Morgan fingerprint density at radius 1 is 0.311 bits per heavy atom. The lowest BCUT2D eigenvalue weighted by atomic mass is 10.0. The van der Waals surface area contributed by atoms with E-state index < -0.39 is 6.10 Å². The maximum absolute atomic E-state index is 12.3. The van der Waals surface area contributed by atoms with Crippen LogP contribution in [0, 0.1) is 0 Å². The van der Waals surface area contributed by atoms with Gasteiger partial charge < -0.3 is 14.6 Å². The number of allylic oxidation sites excluding steroid dienone is 26. The predicted molar refractivity (Wildman–Crippen MR) is 324 cm³/mol. The predicted octanol–water partition coefficient (Wildman–Crippen LogP) is 20.7. The van der Waals surface area contributed by atoms with Crippen LogP contribution in [0.15, 0.2) is 158 Å². The monoisotopic (exact) mass is 1020 g/mol. The number of carbonyl (C=O) groups excluding carboxylic acids is 2. The van der Waals surface area contributed by atoms with Gasteiger partial charge in [0, 0.05) is 12.8 Å². The topological polar surface area (TPSA) is 72.8 Å². The van der Waals surface area contributed by atoms with Crippen molar-refractivity contribution in [1.29, 1.82) is 0 Å². The Labute approximate surface area is 456 Å². The van der Waals surface area contributed by atoms with Gasteiger partial charge in [-0.05, 0) is 122 Å². The third-order valence-corrected chi connectivity index (χ3v) is 12.3. The molecular formula is C69H110O5. The van der Waals surface area contributed by atoms with Crippen molar-refractivity contribution in [3.8, 4) is 0 Å². The van der Waals surface area contributed by atoms with Crippen molar-refractivity contribution < 1.29 is 24.2 Å². The van der Waals surface area contributed by atoms with Crippen molar-refractivity contribution >= 4 is 11.9 Å². The highest BCUT2D eigenvalue weighted by atomic mass is 16.6. The lowest BCUT2D eigenvalue weighted by Gasteiger charge is -2.15. The van der Waals surface area contributed by atoms with Crippen molar-refractivity contribution in [2.45, 2.75) is 251 Å². The number of hydrogen-bond donors (Lipinski definition) is 1. The molecule has 0 aliphatic carbocycles. The van der Waals surface area contributed by atoms with Gasteiger partial charge >= 0.3 is 11.9 Å². The number of carbonyl (C=O) groups is 2. The molecule has 416 valence electrons. The van der Waals surface area contributed by atoms with Crippen LogP contribution in [0.5, 0.6) is 0 Å². The normalized spacial score (nSPS) is 13.4. The van der Waals surface area contributed by atoms with Crippen LogP contribution in [0.1, 0.15) is 245 Å². The molecule has 0 aliphatic heterocycles. The Morgan fingerprint density at radius 3 is 0.824 bits per heavy atom. The average molecular weight is 1020 g/mol. The standard InChI is InChI=1S/C69H110O5/c1-3-5-7-9-11-13-15-17-19-21-23-24-25-26-27-28-29-30-31-32-33-34-35-36-37-38-39-40-41-42-43-44-46-48-50-52-54-56-58-60-62-64-69(72)74-67(65-70)66-73-68(71)63-61-59-57-55-53-51-49-47-45-22-20-18-16-14-12-10-8-6-4-2/h5-8,11-14,17-20,23-24,26-27,29-30,32-33,35-36,45,47,51,53,67,70H,3-4,9-10,15-16,21-22,25,28,31,34,37-44,46,48-50,52,54-66H2,1-2H3/b7-5-,8-6-,13-11-,14-12-,19-17-,20-18-,24-23-,27-26-,30-29-,33-32-,36-35-,47-45-,53-51-. The van der Waals surface area contributed by atoms with Gasteiger partial charge in [0.25, 0.3) is 0 Å². The van der Waals surface area contributed by atoms with E-state index >= 15 is 0 Å². The van der Waals surface area contributed by atoms with Crippen LogP contribution >= 0.6 is 0 Å². The van der Waals surface area contributed by atoms with E-state index in [-0.39, 0.29) is 25.2 Å². The maximum Gasteiger partial charge on any atom is 0.306 e. The smallest absolute Gasteiger partial charge is 0.306 e. The molecule has 0 bridgehead atoms. The van der Waals surface area contributed by atoms with Gasteiger partial charge in [-0.3, -0.25) is 9.59 Å². The molecule has 0 fully saturated rings. The van der Waals surface area contributed by atoms with Crippen molar-refractivity contribution in [3.63, 3.8) is 0 Å². The fraction of sp³-hybridized carbons (Fsp3) is 0.594. The minimum absolute atomic E-state index is 0.0904. The number of esters is 2. The molecule has 1 N–H and O–H groups in total. The van der Waals surface area contributed by atoms with Crippen LogP contribution in [0.4, 0.5) is 0 Å². The molecule has 0 saturated carbocycles. The third kappa shape index (κ3) is 60.1. The van der Waals surface area contributed by atoms with Crippen LogP contribution in [0.2, 0.25) is 0 Å². The quantitative estimate of drug-likeness (QED) is 0.0373. The molecule has 0 aromatic carbocycles. The Hall–Kier alpha value is -4.48. The Bertz CT molecular complexity index is 1620. The SMILES string of the molecule is CC/C=C\C/C=C\C/C=C\C/C=C\C/C=C\C/C=C\C/C=C\C/C=C\CCCCCCCCCCCCCCCCCCC(=O)OC(CO)COC(=O)CCCCC/C=C\C/C=C\C/C=C\C/C=C\C/C=C\CC. The highest BCUT2D eigenvalue weighted by Crippen LogP contribution is 2.15. The Morgan fingerprint density at radius 2 is 0.541 bits per heavy atom. The first-order valence-electron chi connectivity index (χ1n) is 30.0. The number of aliphatic hydroxyl groups excluding tert-OH is 1. The van der Waals surface area contributed by atoms with E-state index in [4.69, 9.17) is 9.47 Å². The van der Waals surface area contributed by atoms with Crippen molar-refractivity contribution in [1.82, 2.24) is 0 Å².